The molecule has 4 nitrogen and oxygen atoms in total. The Balaban J connectivity index is 2.04. The fraction of sp³-hybridized carbons (Fsp3) is 0.0455. The van der Waals surface area contributed by atoms with Gasteiger partial charge in [-0.3, -0.25) is 4.79 Å². The van der Waals surface area contributed by atoms with E-state index in [1.165, 1.54) is 24.3 Å². The van der Waals surface area contributed by atoms with E-state index < -0.39 is 15.9 Å². The summed E-state index contributed by atoms with van der Waals surface area (Å²) in [5.74, 6) is -0.688. The number of para-hydroxylation sites is 1. The molecule has 0 aliphatic rings. The van der Waals surface area contributed by atoms with Crippen LogP contribution in [-0.2, 0) is 14.8 Å². The molecule has 3 aromatic carbocycles. The molecule has 0 N–H and O–H groups in total. The quantitative estimate of drug-likeness (QED) is 0.550. The van der Waals surface area contributed by atoms with Gasteiger partial charge in [0.2, 0.25) is 0 Å². The maximum atomic E-state index is 13.2. The molecule has 0 spiro atoms. The summed E-state index contributed by atoms with van der Waals surface area (Å²) in [7, 11) is -4.09. The fourth-order valence-electron chi connectivity index (χ4n) is 2.60. The molecule has 0 bridgehead atoms. The predicted octanol–water partition coefficient (Wildman–Crippen LogP) is 5.08. The Morgan fingerprint density at radius 2 is 1.50 bits per heavy atom. The maximum Gasteiger partial charge on any atom is 0.271 e. The van der Waals surface area contributed by atoms with Crippen LogP contribution < -0.4 is 4.31 Å². The van der Waals surface area contributed by atoms with Gasteiger partial charge in [-0.05, 0) is 48.9 Å². The Hall–Kier alpha value is -2.89. The third-order valence-corrected chi connectivity index (χ3v) is 6.14. The van der Waals surface area contributed by atoms with Gasteiger partial charge < -0.3 is 0 Å². The summed E-state index contributed by atoms with van der Waals surface area (Å²) in [6.45, 7) is 1.86. The van der Waals surface area contributed by atoms with Gasteiger partial charge in [-0.25, -0.2) is 8.42 Å². The highest BCUT2D eigenvalue weighted by Crippen LogP contribution is 2.25. The third-order valence-electron chi connectivity index (χ3n) is 4.06. The Labute approximate surface area is 169 Å². The molecular weight excluding hydrogens is 394 g/mol. The zero-order chi connectivity index (χ0) is 20.1. The summed E-state index contributed by atoms with van der Waals surface area (Å²) in [6, 6.07) is 21.6. The molecule has 142 valence electrons. The summed E-state index contributed by atoms with van der Waals surface area (Å²) < 4.78 is 27.2. The van der Waals surface area contributed by atoms with E-state index in [4.69, 9.17) is 11.6 Å². The molecular formula is C22H18ClNO3S. The predicted molar refractivity (Wildman–Crippen MR) is 113 cm³/mol. The Morgan fingerprint density at radius 1 is 0.893 bits per heavy atom. The van der Waals surface area contributed by atoms with E-state index in [0.717, 1.165) is 9.87 Å². The van der Waals surface area contributed by atoms with Gasteiger partial charge in [0.05, 0.1) is 10.6 Å². The van der Waals surface area contributed by atoms with Crippen LogP contribution in [0.1, 0.15) is 11.1 Å². The molecule has 3 rings (SSSR count). The van der Waals surface area contributed by atoms with E-state index in [-0.39, 0.29) is 10.6 Å². The average molecular weight is 412 g/mol. The van der Waals surface area contributed by atoms with Gasteiger partial charge in [0, 0.05) is 11.1 Å². The number of halogens is 1. The van der Waals surface area contributed by atoms with Crippen molar-refractivity contribution in [1.29, 1.82) is 0 Å². The second kappa shape index (κ2) is 8.42. The Bertz CT molecular complexity index is 1110. The van der Waals surface area contributed by atoms with Crippen molar-refractivity contribution in [3.8, 4) is 0 Å². The second-order valence-electron chi connectivity index (χ2n) is 6.11. The van der Waals surface area contributed by atoms with Crippen LogP contribution in [0.15, 0.2) is 89.8 Å². The summed E-state index contributed by atoms with van der Waals surface area (Å²) in [6.07, 6.45) is 2.71. The number of benzene rings is 3. The van der Waals surface area contributed by atoms with Gasteiger partial charge in [-0.15, -0.1) is 0 Å². The molecule has 0 radical (unpaired) electrons. The molecule has 0 aliphatic heterocycles. The molecule has 28 heavy (non-hydrogen) atoms. The topological polar surface area (TPSA) is 54.5 Å². The van der Waals surface area contributed by atoms with Gasteiger partial charge in [0.25, 0.3) is 15.9 Å². The number of amides is 1. The monoisotopic (exact) mass is 411 g/mol. The van der Waals surface area contributed by atoms with E-state index in [1.54, 1.807) is 66.7 Å². The van der Waals surface area contributed by atoms with E-state index in [2.05, 4.69) is 0 Å². The fourth-order valence-corrected chi connectivity index (χ4v) is 4.19. The van der Waals surface area contributed by atoms with Crippen LogP contribution in [-0.4, -0.2) is 14.3 Å². The average Bonchev–Trinajstić information content (AvgIpc) is 2.68. The van der Waals surface area contributed by atoms with Crippen molar-refractivity contribution in [3.63, 3.8) is 0 Å². The van der Waals surface area contributed by atoms with Crippen molar-refractivity contribution >= 4 is 39.3 Å². The molecule has 0 saturated carbocycles. The first kappa shape index (κ1) is 19.9. The van der Waals surface area contributed by atoms with Crippen molar-refractivity contribution in [3.05, 3.63) is 101 Å². The molecule has 3 aromatic rings. The number of aryl methyl sites for hydroxylation is 1. The lowest BCUT2D eigenvalue weighted by Gasteiger charge is -2.21. The first-order chi connectivity index (χ1) is 13.4. The maximum absolute atomic E-state index is 13.2. The minimum absolute atomic E-state index is 0.0430. The molecule has 6 heteroatoms. The highest BCUT2D eigenvalue weighted by atomic mass is 35.5. The number of carbonyl (C=O) groups is 1. The van der Waals surface area contributed by atoms with Crippen LogP contribution in [0.4, 0.5) is 5.69 Å². The van der Waals surface area contributed by atoms with Crippen molar-refractivity contribution in [2.75, 3.05) is 4.31 Å². The summed E-state index contributed by atoms with van der Waals surface area (Å²) in [5.41, 5.74) is 1.81. The highest BCUT2D eigenvalue weighted by molar-refractivity contribution is 7.93. The van der Waals surface area contributed by atoms with Gasteiger partial charge in [0.15, 0.2) is 0 Å². The minimum Gasteiger partial charge on any atom is -0.268 e. The molecule has 0 unspecified atom stereocenters. The number of hydrogen-bond acceptors (Lipinski definition) is 3. The van der Waals surface area contributed by atoms with Crippen LogP contribution in [0.3, 0.4) is 0 Å². The van der Waals surface area contributed by atoms with Crippen molar-refractivity contribution in [2.45, 2.75) is 11.8 Å². The van der Waals surface area contributed by atoms with Crippen molar-refractivity contribution in [1.82, 2.24) is 0 Å². The summed E-state index contributed by atoms with van der Waals surface area (Å²) >= 11 is 6.11. The molecule has 0 atom stereocenters. The van der Waals surface area contributed by atoms with Gasteiger partial charge >= 0.3 is 0 Å². The normalized spacial score (nSPS) is 11.5. The van der Waals surface area contributed by atoms with E-state index >= 15 is 0 Å². The first-order valence-electron chi connectivity index (χ1n) is 8.53. The van der Waals surface area contributed by atoms with Gasteiger partial charge in [-0.1, -0.05) is 65.7 Å². The molecule has 0 fully saturated rings. The standard InChI is InChI=1S/C22H18ClNO3S/c1-17-11-14-20(15-12-17)28(26,27)24(19-8-3-2-4-9-19)22(25)16-13-18-7-5-6-10-21(18)23/h2-16H,1H3/b16-13+. The van der Waals surface area contributed by atoms with Crippen LogP contribution in [0.25, 0.3) is 6.08 Å². The molecule has 0 aliphatic carbocycles. The van der Waals surface area contributed by atoms with Crippen LogP contribution in [0.2, 0.25) is 5.02 Å². The van der Waals surface area contributed by atoms with E-state index in [9.17, 15) is 13.2 Å². The van der Waals surface area contributed by atoms with Gasteiger partial charge in [0.1, 0.15) is 0 Å². The first-order valence-corrected chi connectivity index (χ1v) is 10.3. The van der Waals surface area contributed by atoms with Crippen molar-refractivity contribution in [2.24, 2.45) is 0 Å². The molecule has 1 amide bonds. The number of nitrogens with zero attached hydrogens (tertiary/aromatic N) is 1. The van der Waals surface area contributed by atoms with Crippen LogP contribution >= 0.6 is 11.6 Å². The number of carbonyl (C=O) groups excluding carboxylic acids is 1. The molecule has 0 aromatic heterocycles. The zero-order valence-electron chi connectivity index (χ0n) is 15.1. The summed E-state index contributed by atoms with van der Waals surface area (Å²) in [5, 5.41) is 0.471. The lowest BCUT2D eigenvalue weighted by atomic mass is 10.2. The van der Waals surface area contributed by atoms with Gasteiger partial charge in [-0.2, -0.15) is 4.31 Å². The highest BCUT2D eigenvalue weighted by Gasteiger charge is 2.29. The number of rotatable bonds is 5. The van der Waals surface area contributed by atoms with Crippen LogP contribution in [0.5, 0.6) is 0 Å². The third kappa shape index (κ3) is 4.32. The Morgan fingerprint density at radius 3 is 2.14 bits per heavy atom. The van der Waals surface area contributed by atoms with E-state index in [1.807, 2.05) is 6.92 Å². The zero-order valence-corrected chi connectivity index (χ0v) is 16.7. The van der Waals surface area contributed by atoms with E-state index in [0.29, 0.717) is 10.6 Å². The lowest BCUT2D eigenvalue weighted by molar-refractivity contribution is -0.113. The number of hydrogen-bond donors (Lipinski definition) is 0. The Kier molecular flexibility index (Phi) is 5.97. The minimum atomic E-state index is -4.09. The smallest absolute Gasteiger partial charge is 0.268 e. The largest absolute Gasteiger partial charge is 0.271 e. The number of sulfonamides is 1. The molecule has 0 heterocycles. The van der Waals surface area contributed by atoms with Crippen molar-refractivity contribution < 1.29 is 13.2 Å². The van der Waals surface area contributed by atoms with Crippen LogP contribution in [0, 0.1) is 6.92 Å². The molecule has 0 saturated heterocycles. The lowest BCUT2D eigenvalue weighted by Crippen LogP contribution is -2.35. The number of anilines is 1. The SMILES string of the molecule is Cc1ccc(S(=O)(=O)N(C(=O)/C=C/c2ccccc2Cl)c2ccccc2)cc1. The summed E-state index contributed by atoms with van der Waals surface area (Å²) in [4.78, 5) is 13.0. The second-order valence-corrected chi connectivity index (χ2v) is 8.31.